The Morgan fingerprint density at radius 1 is 1.08 bits per heavy atom. The first-order valence-electron chi connectivity index (χ1n) is 15.2. The Morgan fingerprint density at radius 2 is 1.78 bits per heavy atom. The minimum absolute atomic E-state index is 0.0513. The molecule has 4 rings (SSSR count). The summed E-state index contributed by atoms with van der Waals surface area (Å²) in [5.41, 5.74) is 2.35. The monoisotopic (exact) mass is 512 g/mol. The first kappa shape index (κ1) is 28.8. The number of hydrogen-bond acceptors (Lipinski definition) is 4. The summed E-state index contributed by atoms with van der Waals surface area (Å²) in [5, 5.41) is 31.2. The molecule has 208 valence electrons. The van der Waals surface area contributed by atoms with Gasteiger partial charge in [-0.2, -0.15) is 0 Å². The molecule has 0 heterocycles. The Hall–Kier alpha value is -1.23. The van der Waals surface area contributed by atoms with Crippen molar-refractivity contribution in [2.45, 2.75) is 136 Å². The first-order valence-corrected chi connectivity index (χ1v) is 15.2. The molecule has 4 aliphatic rings. The van der Waals surface area contributed by atoms with Crippen LogP contribution in [-0.4, -0.2) is 39.4 Å². The number of Topliss-reactive ketones (excluding diaryl/α,β-unsaturated/α-hetero) is 1. The second kappa shape index (κ2) is 11.5. The highest BCUT2D eigenvalue weighted by Crippen LogP contribution is 2.62. The van der Waals surface area contributed by atoms with E-state index in [4.69, 9.17) is 0 Å². The molecule has 4 aliphatic carbocycles. The highest BCUT2D eigenvalue weighted by Gasteiger charge is 2.55. The van der Waals surface area contributed by atoms with Crippen LogP contribution in [0.25, 0.3) is 0 Å². The number of rotatable bonds is 10. The van der Waals surface area contributed by atoms with E-state index in [0.717, 1.165) is 44.1 Å². The highest BCUT2D eigenvalue weighted by atomic mass is 16.3. The first-order chi connectivity index (χ1) is 17.5. The zero-order valence-corrected chi connectivity index (χ0v) is 23.8. The lowest BCUT2D eigenvalue weighted by Gasteiger charge is -2.47. The summed E-state index contributed by atoms with van der Waals surface area (Å²) in [7, 11) is 0. The van der Waals surface area contributed by atoms with E-state index < -0.39 is 23.7 Å². The van der Waals surface area contributed by atoms with Crippen LogP contribution in [0, 0.1) is 28.1 Å². The van der Waals surface area contributed by atoms with Crippen molar-refractivity contribution in [2.75, 3.05) is 0 Å². The van der Waals surface area contributed by atoms with Crippen molar-refractivity contribution in [3.8, 4) is 0 Å². The Bertz CT molecular complexity index is 895. The highest BCUT2D eigenvalue weighted by molar-refractivity contribution is 5.88. The zero-order chi connectivity index (χ0) is 26.8. The Morgan fingerprint density at radius 3 is 2.43 bits per heavy atom. The lowest BCUT2D eigenvalue weighted by molar-refractivity contribution is -0.127. The van der Waals surface area contributed by atoms with E-state index in [1.165, 1.54) is 31.3 Å². The predicted octanol–water partition coefficient (Wildman–Crippen LogP) is 6.83. The Balaban J connectivity index is 1.44. The average Bonchev–Trinajstić information content (AvgIpc) is 3.56. The number of carbonyl (C=O) groups excluding carboxylic acids is 1. The van der Waals surface area contributed by atoms with Crippen LogP contribution in [0.15, 0.2) is 35.5 Å². The van der Waals surface area contributed by atoms with Crippen molar-refractivity contribution in [1.29, 1.82) is 0 Å². The lowest BCUT2D eigenvalue weighted by atomic mass is 9.57. The number of hydrogen-bond donors (Lipinski definition) is 3. The van der Waals surface area contributed by atoms with E-state index in [9.17, 15) is 20.1 Å². The molecule has 0 bridgehead atoms. The summed E-state index contributed by atoms with van der Waals surface area (Å²) in [6.07, 6.45) is 20.4. The fourth-order valence-electron chi connectivity index (χ4n) is 8.29. The molecule has 0 aliphatic heterocycles. The van der Waals surface area contributed by atoms with Gasteiger partial charge in [0.1, 0.15) is 5.78 Å². The van der Waals surface area contributed by atoms with E-state index in [2.05, 4.69) is 45.9 Å². The molecule has 4 heteroatoms. The van der Waals surface area contributed by atoms with Gasteiger partial charge in [-0.3, -0.25) is 4.79 Å². The topological polar surface area (TPSA) is 77.8 Å². The average molecular weight is 513 g/mol. The van der Waals surface area contributed by atoms with Crippen molar-refractivity contribution in [1.82, 2.24) is 0 Å². The number of fused-ring (bicyclic) bond motifs is 1. The molecule has 4 nitrogen and oxygen atoms in total. The minimum Gasteiger partial charge on any atom is -0.393 e. The van der Waals surface area contributed by atoms with Crippen molar-refractivity contribution in [2.24, 2.45) is 28.1 Å². The van der Waals surface area contributed by atoms with Gasteiger partial charge in [0.15, 0.2) is 0 Å². The third-order valence-electron chi connectivity index (χ3n) is 10.6. The number of unbranched alkanes of at least 4 members (excludes halogenated alkanes) is 2. The van der Waals surface area contributed by atoms with Gasteiger partial charge in [-0.1, -0.05) is 76.0 Å². The number of aliphatic hydroxyl groups is 3. The Labute approximate surface area is 225 Å². The van der Waals surface area contributed by atoms with Crippen molar-refractivity contribution >= 4 is 5.78 Å². The normalized spacial score (nSPS) is 35.5. The molecule has 0 aromatic heterocycles. The molecular weight excluding hydrogens is 460 g/mol. The van der Waals surface area contributed by atoms with Gasteiger partial charge in [-0.15, -0.1) is 0 Å². The van der Waals surface area contributed by atoms with Crippen molar-refractivity contribution in [3.05, 3.63) is 35.5 Å². The Kier molecular flexibility index (Phi) is 8.93. The van der Waals surface area contributed by atoms with Gasteiger partial charge in [0.05, 0.1) is 23.7 Å². The maximum atomic E-state index is 12.9. The zero-order valence-electron chi connectivity index (χ0n) is 23.8. The third kappa shape index (κ3) is 6.17. The quantitative estimate of drug-likeness (QED) is 0.221. The summed E-state index contributed by atoms with van der Waals surface area (Å²) in [5.74, 6) is 1.35. The van der Waals surface area contributed by atoms with Crippen molar-refractivity contribution in [3.63, 3.8) is 0 Å². The van der Waals surface area contributed by atoms with Gasteiger partial charge in [-0.25, -0.2) is 0 Å². The molecule has 4 saturated carbocycles. The molecule has 0 saturated heterocycles. The lowest BCUT2D eigenvalue weighted by Crippen LogP contribution is -2.39. The number of carbonyl (C=O) groups is 1. The molecule has 6 atom stereocenters. The molecular formula is C33H52O4. The summed E-state index contributed by atoms with van der Waals surface area (Å²) >= 11 is 0. The summed E-state index contributed by atoms with van der Waals surface area (Å²) in [4.78, 5) is 12.9. The maximum Gasteiger partial charge on any atom is 0.141 e. The van der Waals surface area contributed by atoms with Crippen LogP contribution in [-0.2, 0) is 4.79 Å². The van der Waals surface area contributed by atoms with Crippen LogP contribution in [0.5, 0.6) is 0 Å². The summed E-state index contributed by atoms with van der Waals surface area (Å²) in [6.45, 7) is 9.28. The van der Waals surface area contributed by atoms with E-state index in [1.807, 2.05) is 6.08 Å². The number of aliphatic hydroxyl groups excluding tert-OH is 3. The molecule has 0 aromatic carbocycles. The molecule has 0 unspecified atom stereocenters. The number of allylic oxidation sites excluding steroid dienone is 4. The van der Waals surface area contributed by atoms with Crippen LogP contribution in [0.3, 0.4) is 0 Å². The third-order valence-corrected chi connectivity index (χ3v) is 10.6. The molecule has 3 N–H and O–H groups in total. The van der Waals surface area contributed by atoms with Gasteiger partial charge in [-0.05, 0) is 93.3 Å². The summed E-state index contributed by atoms with van der Waals surface area (Å²) in [6, 6.07) is 0. The maximum absolute atomic E-state index is 12.9. The predicted molar refractivity (Wildman–Crippen MR) is 150 cm³/mol. The van der Waals surface area contributed by atoms with E-state index in [-0.39, 0.29) is 16.6 Å². The molecule has 0 radical (unpaired) electrons. The second-order valence-electron chi connectivity index (χ2n) is 13.7. The van der Waals surface area contributed by atoms with E-state index in [0.29, 0.717) is 37.5 Å². The van der Waals surface area contributed by atoms with E-state index >= 15 is 0 Å². The minimum atomic E-state index is -0.666. The van der Waals surface area contributed by atoms with Gasteiger partial charge in [0, 0.05) is 6.42 Å². The van der Waals surface area contributed by atoms with Gasteiger partial charge < -0.3 is 15.3 Å². The van der Waals surface area contributed by atoms with Crippen LogP contribution < -0.4 is 0 Å². The van der Waals surface area contributed by atoms with Crippen LogP contribution in [0.1, 0.15) is 118 Å². The van der Waals surface area contributed by atoms with Gasteiger partial charge >= 0.3 is 0 Å². The van der Waals surface area contributed by atoms with Crippen LogP contribution in [0.4, 0.5) is 0 Å². The fraction of sp³-hybridized carbons (Fsp3) is 0.788. The number of ketones is 1. The molecule has 4 fully saturated rings. The van der Waals surface area contributed by atoms with Crippen LogP contribution >= 0.6 is 0 Å². The van der Waals surface area contributed by atoms with Crippen molar-refractivity contribution < 1.29 is 20.1 Å². The molecule has 0 aromatic rings. The fourth-order valence-corrected chi connectivity index (χ4v) is 8.29. The molecule has 0 amide bonds. The van der Waals surface area contributed by atoms with E-state index in [1.54, 1.807) is 0 Å². The largest absolute Gasteiger partial charge is 0.393 e. The van der Waals surface area contributed by atoms with Gasteiger partial charge in [0.2, 0.25) is 0 Å². The second-order valence-corrected chi connectivity index (χ2v) is 13.7. The van der Waals surface area contributed by atoms with Gasteiger partial charge in [0.25, 0.3) is 0 Å². The smallest absolute Gasteiger partial charge is 0.141 e. The SMILES string of the molecule is CCCCCC(=O)C1([C@@H](O)C=CC(C)(C)[C@H]2CC[C@H]3C(=CC=C4C[C@@H](O)C[C@H](O)C4)CCC[C@]23C)CC1. The van der Waals surface area contributed by atoms with Crippen LogP contribution in [0.2, 0.25) is 0 Å². The summed E-state index contributed by atoms with van der Waals surface area (Å²) < 4.78 is 0. The molecule has 37 heavy (non-hydrogen) atoms. The molecule has 0 spiro atoms. The standard InChI is InChI=1S/C33H52O4/c1-5-6-7-10-29(36)33(18-19-33)30(37)15-17-31(2,3)28-14-13-27-24(9-8-16-32(27,28)4)12-11-23-20-25(34)22-26(35)21-23/h11-12,15,17,25-28,30,34-35,37H,5-10,13-14,16,18-22H2,1-4H3/t25-,26-,27+,28-,30+,32+/m1/s1.